The molecule has 0 fully saturated rings. The fraction of sp³-hybridized carbons (Fsp3) is 0.226. The number of rotatable bonds is 7. The van der Waals surface area contributed by atoms with Gasteiger partial charge < -0.3 is 0 Å². The molecule has 206 valence electrons. The lowest BCUT2D eigenvalue weighted by atomic mass is 9.83. The van der Waals surface area contributed by atoms with E-state index in [2.05, 4.69) is 19.9 Å². The lowest BCUT2D eigenvalue weighted by Crippen LogP contribution is -2.18. The standard InChI is InChI=1S/C31H23F4N5O/c1-30(2,16-36)21-12-20(13-22(15-21)31(33,34)35)27(41)14-19-10-18(5-6-24(19)32)11-26-23(4-3-8-37-26)28-29-25(7-9-38-29)39-17-40-28/h3-6,8-10,12-13,15,17H,7,11,14H2,1-2H3. The van der Waals surface area contributed by atoms with Gasteiger partial charge in [0.05, 0.1) is 28.4 Å². The number of carbonyl (C=O) groups excluding carboxylic acids is 1. The summed E-state index contributed by atoms with van der Waals surface area (Å²) < 4.78 is 55.7. The van der Waals surface area contributed by atoms with Crippen molar-refractivity contribution in [2.75, 3.05) is 0 Å². The summed E-state index contributed by atoms with van der Waals surface area (Å²) in [5.74, 6) is -1.36. The van der Waals surface area contributed by atoms with E-state index in [0.717, 1.165) is 23.4 Å². The lowest BCUT2D eigenvalue weighted by molar-refractivity contribution is -0.137. The number of alkyl halides is 3. The van der Waals surface area contributed by atoms with Crippen molar-refractivity contribution < 1.29 is 22.4 Å². The molecule has 0 saturated heterocycles. The second-order valence-electron chi connectivity index (χ2n) is 10.3. The Labute approximate surface area is 233 Å². The molecule has 10 heteroatoms. The maximum Gasteiger partial charge on any atom is 0.416 e. The van der Waals surface area contributed by atoms with E-state index in [9.17, 15) is 27.6 Å². The molecule has 0 atom stereocenters. The molecule has 0 unspecified atom stereocenters. The predicted molar refractivity (Wildman–Crippen MR) is 144 cm³/mol. The topological polar surface area (TPSA) is 91.9 Å². The maximum absolute atomic E-state index is 14.8. The Bertz CT molecular complexity index is 1740. The first-order valence-corrected chi connectivity index (χ1v) is 12.7. The molecule has 2 aromatic heterocycles. The molecule has 1 aliphatic rings. The molecule has 2 aromatic carbocycles. The van der Waals surface area contributed by atoms with E-state index >= 15 is 0 Å². The van der Waals surface area contributed by atoms with Gasteiger partial charge in [0, 0.05) is 42.8 Å². The van der Waals surface area contributed by atoms with Gasteiger partial charge in [0.2, 0.25) is 0 Å². The van der Waals surface area contributed by atoms with E-state index in [1.165, 1.54) is 38.4 Å². The van der Waals surface area contributed by atoms with Crippen molar-refractivity contribution in [3.63, 3.8) is 0 Å². The van der Waals surface area contributed by atoms with Crippen LogP contribution in [0, 0.1) is 17.1 Å². The van der Waals surface area contributed by atoms with Crippen LogP contribution >= 0.6 is 0 Å². The first-order chi connectivity index (χ1) is 19.5. The molecule has 3 heterocycles. The number of carbonyl (C=O) groups is 1. The summed E-state index contributed by atoms with van der Waals surface area (Å²) in [7, 11) is 0. The van der Waals surface area contributed by atoms with E-state index in [1.54, 1.807) is 24.5 Å². The van der Waals surface area contributed by atoms with Crippen LogP contribution in [0.2, 0.25) is 0 Å². The second kappa shape index (κ2) is 10.7. The fourth-order valence-electron chi connectivity index (χ4n) is 4.63. The van der Waals surface area contributed by atoms with Crippen molar-refractivity contribution in [3.8, 4) is 17.3 Å². The third-order valence-electron chi connectivity index (χ3n) is 6.96. The average Bonchev–Trinajstić information content (AvgIpc) is 3.44. The number of nitriles is 1. The molecule has 0 bridgehead atoms. The molecule has 5 rings (SSSR count). The summed E-state index contributed by atoms with van der Waals surface area (Å²) in [6.45, 7) is 2.93. The van der Waals surface area contributed by atoms with Crippen molar-refractivity contribution in [1.82, 2.24) is 15.0 Å². The first-order valence-electron chi connectivity index (χ1n) is 12.7. The van der Waals surface area contributed by atoms with E-state index in [0.29, 0.717) is 29.1 Å². The minimum Gasteiger partial charge on any atom is -0.294 e. The van der Waals surface area contributed by atoms with Crippen molar-refractivity contribution in [3.05, 3.63) is 106 Å². The number of halogens is 4. The van der Waals surface area contributed by atoms with Gasteiger partial charge in [-0.05, 0) is 66.9 Å². The number of fused-ring (bicyclic) bond motifs is 1. The zero-order valence-electron chi connectivity index (χ0n) is 22.1. The van der Waals surface area contributed by atoms with Gasteiger partial charge in [-0.1, -0.05) is 12.1 Å². The van der Waals surface area contributed by atoms with Gasteiger partial charge >= 0.3 is 6.18 Å². The average molecular weight is 558 g/mol. The van der Waals surface area contributed by atoms with Crippen LogP contribution in [0.4, 0.5) is 23.2 Å². The van der Waals surface area contributed by atoms with E-state index in [-0.39, 0.29) is 23.1 Å². The lowest BCUT2D eigenvalue weighted by Gasteiger charge is -2.19. The highest BCUT2D eigenvalue weighted by Gasteiger charge is 2.34. The Kier molecular flexibility index (Phi) is 7.22. The predicted octanol–water partition coefficient (Wildman–Crippen LogP) is 6.77. The highest BCUT2D eigenvalue weighted by Crippen LogP contribution is 2.36. The number of nitrogens with zero attached hydrogens (tertiary/aromatic N) is 5. The molecule has 0 saturated carbocycles. The van der Waals surface area contributed by atoms with Crippen LogP contribution in [0.25, 0.3) is 11.3 Å². The molecular weight excluding hydrogens is 534 g/mol. The molecule has 0 aliphatic carbocycles. The third kappa shape index (κ3) is 5.75. The van der Waals surface area contributed by atoms with Gasteiger partial charge in [-0.3, -0.25) is 14.8 Å². The van der Waals surface area contributed by atoms with Gasteiger partial charge in [0.25, 0.3) is 0 Å². The molecule has 6 nitrogen and oxygen atoms in total. The summed E-state index contributed by atoms with van der Waals surface area (Å²) >= 11 is 0. The zero-order chi connectivity index (χ0) is 29.4. The first kappa shape index (κ1) is 27.8. The Morgan fingerprint density at radius 1 is 1.02 bits per heavy atom. The number of aromatic nitrogens is 3. The smallest absolute Gasteiger partial charge is 0.294 e. The quantitative estimate of drug-likeness (QED) is 0.185. The maximum atomic E-state index is 14.8. The summed E-state index contributed by atoms with van der Waals surface area (Å²) in [5.41, 5.74) is 1.69. The molecule has 0 radical (unpaired) electrons. The van der Waals surface area contributed by atoms with E-state index in [4.69, 9.17) is 0 Å². The van der Waals surface area contributed by atoms with E-state index < -0.39 is 35.2 Å². The number of Topliss-reactive ketones (excluding diaryl/α,β-unsaturated/α-hetero) is 1. The summed E-state index contributed by atoms with van der Waals surface area (Å²) in [5, 5.41) is 9.45. The largest absolute Gasteiger partial charge is 0.416 e. The minimum absolute atomic E-state index is 0.0380. The van der Waals surface area contributed by atoms with Crippen LogP contribution in [0.15, 0.2) is 66.0 Å². The molecule has 0 N–H and O–H groups in total. The Hall–Kier alpha value is -4.78. The van der Waals surface area contributed by atoms with Crippen molar-refractivity contribution in [2.45, 2.75) is 44.7 Å². The molecular formula is C31H23F4N5O. The second-order valence-corrected chi connectivity index (χ2v) is 10.3. The van der Waals surface area contributed by atoms with Gasteiger partial charge in [-0.15, -0.1) is 0 Å². The van der Waals surface area contributed by atoms with Crippen molar-refractivity contribution >= 4 is 17.7 Å². The summed E-state index contributed by atoms with van der Waals surface area (Å²) in [6.07, 6.45) is 0.565. The van der Waals surface area contributed by atoms with Gasteiger partial charge in [0.15, 0.2) is 5.78 Å². The number of hydrogen-bond acceptors (Lipinski definition) is 6. The van der Waals surface area contributed by atoms with Crippen LogP contribution in [0.1, 0.15) is 57.8 Å². The van der Waals surface area contributed by atoms with Gasteiger partial charge in [-0.2, -0.15) is 18.4 Å². The number of hydrogen-bond donors (Lipinski definition) is 0. The molecule has 4 aromatic rings. The van der Waals surface area contributed by atoms with Gasteiger partial charge in [0.1, 0.15) is 23.5 Å². The highest BCUT2D eigenvalue weighted by atomic mass is 19.4. The number of benzene rings is 2. The third-order valence-corrected chi connectivity index (χ3v) is 6.96. The number of pyridine rings is 1. The Balaban J connectivity index is 1.45. The summed E-state index contributed by atoms with van der Waals surface area (Å²) in [6, 6.07) is 12.8. The van der Waals surface area contributed by atoms with Crippen LogP contribution in [-0.4, -0.2) is 26.9 Å². The fourth-order valence-corrected chi connectivity index (χ4v) is 4.63. The highest BCUT2D eigenvalue weighted by molar-refractivity contribution is 5.98. The van der Waals surface area contributed by atoms with Crippen molar-refractivity contribution in [2.24, 2.45) is 4.99 Å². The Morgan fingerprint density at radius 2 is 1.80 bits per heavy atom. The van der Waals surface area contributed by atoms with Crippen LogP contribution in [0.5, 0.6) is 0 Å². The minimum atomic E-state index is -4.72. The number of ketones is 1. The number of aliphatic imine (C=N–C) groups is 1. The molecule has 1 aliphatic heterocycles. The molecule has 0 amide bonds. The van der Waals surface area contributed by atoms with Gasteiger partial charge in [-0.25, -0.2) is 14.4 Å². The SMILES string of the molecule is CC(C)(C#N)c1cc(C(=O)Cc2cc(Cc3ncccc3-c3ncnc4c3N=CC4)ccc2F)cc(C(F)(F)F)c1. The van der Waals surface area contributed by atoms with Crippen LogP contribution in [0.3, 0.4) is 0 Å². The van der Waals surface area contributed by atoms with Crippen LogP contribution < -0.4 is 0 Å². The molecule has 0 spiro atoms. The zero-order valence-corrected chi connectivity index (χ0v) is 22.1. The summed E-state index contributed by atoms with van der Waals surface area (Å²) in [4.78, 5) is 30.8. The van der Waals surface area contributed by atoms with Crippen molar-refractivity contribution in [1.29, 1.82) is 5.26 Å². The van der Waals surface area contributed by atoms with E-state index in [1.807, 2.05) is 12.1 Å². The van der Waals surface area contributed by atoms with Crippen LogP contribution in [-0.2, 0) is 30.9 Å². The normalized spacial score (nSPS) is 12.7. The Morgan fingerprint density at radius 3 is 2.56 bits per heavy atom. The monoisotopic (exact) mass is 557 g/mol. The molecule has 41 heavy (non-hydrogen) atoms.